The van der Waals surface area contributed by atoms with Gasteiger partial charge in [0, 0.05) is 36.9 Å². The van der Waals surface area contributed by atoms with E-state index >= 15 is 0 Å². The summed E-state index contributed by atoms with van der Waals surface area (Å²) in [4.78, 5) is 38.1. The van der Waals surface area contributed by atoms with E-state index in [-0.39, 0.29) is 30.5 Å². The minimum atomic E-state index is -1.08. The van der Waals surface area contributed by atoms with Gasteiger partial charge in [-0.2, -0.15) is 0 Å². The number of hydrogen-bond donors (Lipinski definition) is 3. The Kier molecular flexibility index (Phi) is 6.58. The number of aromatic carboxylic acids is 1. The quantitative estimate of drug-likeness (QED) is 0.656. The Labute approximate surface area is 146 Å². The van der Waals surface area contributed by atoms with Crippen LogP contribution in [0.5, 0.6) is 0 Å². The second kappa shape index (κ2) is 8.88. The van der Waals surface area contributed by atoms with E-state index in [9.17, 15) is 18.8 Å². The number of rotatable bonds is 8. The standard InChI is InChI=1S/C16H16FN3O4S/c17-11-3-1-10(2-4-11)15(22)19-7-5-13(21)18-8-6-14-20-12(9-25-14)16(23)24/h1-4,9H,5-8H2,(H,18,21)(H,19,22)(H,23,24). The van der Waals surface area contributed by atoms with Gasteiger partial charge in [0.2, 0.25) is 5.91 Å². The predicted octanol–water partition coefficient (Wildman–Crippen LogP) is 1.46. The van der Waals surface area contributed by atoms with Crippen molar-refractivity contribution in [1.29, 1.82) is 0 Å². The summed E-state index contributed by atoms with van der Waals surface area (Å²) < 4.78 is 12.8. The molecule has 3 N–H and O–H groups in total. The Morgan fingerprint density at radius 3 is 2.48 bits per heavy atom. The summed E-state index contributed by atoms with van der Waals surface area (Å²) in [7, 11) is 0. The van der Waals surface area contributed by atoms with Crippen LogP contribution in [0.2, 0.25) is 0 Å². The number of benzene rings is 1. The summed E-state index contributed by atoms with van der Waals surface area (Å²) >= 11 is 1.22. The zero-order valence-corrected chi connectivity index (χ0v) is 13.9. The first-order valence-electron chi connectivity index (χ1n) is 7.44. The zero-order chi connectivity index (χ0) is 18.2. The van der Waals surface area contributed by atoms with Crippen molar-refractivity contribution in [2.45, 2.75) is 12.8 Å². The second-order valence-electron chi connectivity index (χ2n) is 5.04. The Balaban J connectivity index is 1.64. The van der Waals surface area contributed by atoms with E-state index in [2.05, 4.69) is 15.6 Å². The molecule has 1 aromatic heterocycles. The van der Waals surface area contributed by atoms with Gasteiger partial charge in [-0.1, -0.05) is 0 Å². The number of carbonyl (C=O) groups excluding carboxylic acids is 2. The number of hydrogen-bond acceptors (Lipinski definition) is 5. The Bertz CT molecular complexity index is 761. The van der Waals surface area contributed by atoms with Crippen LogP contribution >= 0.6 is 11.3 Å². The van der Waals surface area contributed by atoms with Crippen LogP contribution in [0.3, 0.4) is 0 Å². The summed E-state index contributed by atoms with van der Waals surface area (Å²) in [5.41, 5.74) is 0.314. The first-order chi connectivity index (χ1) is 12.0. The molecule has 0 aliphatic heterocycles. The molecule has 2 aromatic rings. The van der Waals surface area contributed by atoms with Gasteiger partial charge < -0.3 is 15.7 Å². The molecule has 0 radical (unpaired) electrons. The fraction of sp³-hybridized carbons (Fsp3) is 0.250. The van der Waals surface area contributed by atoms with Crippen LogP contribution in [-0.2, 0) is 11.2 Å². The zero-order valence-electron chi connectivity index (χ0n) is 13.1. The molecule has 1 aromatic carbocycles. The van der Waals surface area contributed by atoms with Crippen molar-refractivity contribution < 1.29 is 23.9 Å². The molecule has 0 bridgehead atoms. The molecule has 0 atom stereocenters. The minimum Gasteiger partial charge on any atom is -0.476 e. The summed E-state index contributed by atoms with van der Waals surface area (Å²) in [6.45, 7) is 0.486. The van der Waals surface area contributed by atoms with Crippen LogP contribution in [0.4, 0.5) is 4.39 Å². The maximum atomic E-state index is 12.8. The van der Waals surface area contributed by atoms with Gasteiger partial charge in [0.25, 0.3) is 5.91 Å². The SMILES string of the molecule is O=C(CCNC(=O)c1ccc(F)cc1)NCCc1nc(C(=O)O)cs1. The van der Waals surface area contributed by atoms with Crippen molar-refractivity contribution in [3.8, 4) is 0 Å². The van der Waals surface area contributed by atoms with Crippen LogP contribution < -0.4 is 10.6 Å². The van der Waals surface area contributed by atoms with E-state index in [1.165, 1.54) is 41.0 Å². The van der Waals surface area contributed by atoms with Crippen molar-refractivity contribution in [3.63, 3.8) is 0 Å². The number of amides is 2. The molecule has 7 nitrogen and oxygen atoms in total. The Morgan fingerprint density at radius 2 is 1.84 bits per heavy atom. The fourth-order valence-corrected chi connectivity index (χ4v) is 2.69. The monoisotopic (exact) mass is 365 g/mol. The lowest BCUT2D eigenvalue weighted by molar-refractivity contribution is -0.120. The molecule has 1 heterocycles. The van der Waals surface area contributed by atoms with Gasteiger partial charge >= 0.3 is 5.97 Å². The summed E-state index contributed by atoms with van der Waals surface area (Å²) in [5.74, 6) is -2.12. The van der Waals surface area contributed by atoms with Gasteiger partial charge in [0.15, 0.2) is 5.69 Å². The maximum Gasteiger partial charge on any atom is 0.355 e. The largest absolute Gasteiger partial charge is 0.476 e. The molecule has 0 aliphatic rings. The molecule has 2 amide bonds. The molecule has 9 heteroatoms. The molecular formula is C16H16FN3O4S. The molecule has 132 valence electrons. The molecule has 25 heavy (non-hydrogen) atoms. The van der Waals surface area contributed by atoms with Gasteiger partial charge in [-0.3, -0.25) is 9.59 Å². The average Bonchev–Trinajstić information content (AvgIpc) is 3.04. The number of nitrogens with zero attached hydrogens (tertiary/aromatic N) is 1. The van der Waals surface area contributed by atoms with E-state index < -0.39 is 11.8 Å². The molecular weight excluding hydrogens is 349 g/mol. The molecule has 0 fully saturated rings. The third-order valence-corrected chi connectivity index (χ3v) is 4.08. The van der Waals surface area contributed by atoms with Crippen LogP contribution in [0.1, 0.15) is 32.3 Å². The van der Waals surface area contributed by atoms with Crippen LogP contribution in [0.15, 0.2) is 29.6 Å². The van der Waals surface area contributed by atoms with E-state index in [1.54, 1.807) is 0 Å². The second-order valence-corrected chi connectivity index (χ2v) is 5.99. The number of thiazole rings is 1. The number of nitrogens with one attached hydrogen (secondary N) is 2. The van der Waals surface area contributed by atoms with Gasteiger partial charge in [-0.15, -0.1) is 11.3 Å². The van der Waals surface area contributed by atoms with Gasteiger partial charge in [-0.05, 0) is 24.3 Å². The molecule has 0 spiro atoms. The first kappa shape index (κ1) is 18.5. The van der Waals surface area contributed by atoms with E-state index in [1.807, 2.05) is 0 Å². The molecule has 0 saturated carbocycles. The van der Waals surface area contributed by atoms with Crippen molar-refractivity contribution in [1.82, 2.24) is 15.6 Å². The van der Waals surface area contributed by atoms with Crippen molar-refractivity contribution >= 4 is 29.1 Å². The lowest BCUT2D eigenvalue weighted by atomic mass is 10.2. The lowest BCUT2D eigenvalue weighted by Gasteiger charge is -2.06. The van der Waals surface area contributed by atoms with Crippen LogP contribution in [-0.4, -0.2) is 41.0 Å². The highest BCUT2D eigenvalue weighted by Gasteiger charge is 2.09. The van der Waals surface area contributed by atoms with Gasteiger partial charge in [-0.25, -0.2) is 14.2 Å². The van der Waals surface area contributed by atoms with Crippen molar-refractivity contribution in [2.75, 3.05) is 13.1 Å². The number of aromatic nitrogens is 1. The molecule has 0 aliphatic carbocycles. The summed E-state index contributed by atoms with van der Waals surface area (Å²) in [6, 6.07) is 5.11. The molecule has 0 saturated heterocycles. The summed E-state index contributed by atoms with van der Waals surface area (Å²) in [6.07, 6.45) is 0.538. The third-order valence-electron chi connectivity index (χ3n) is 3.18. The summed E-state index contributed by atoms with van der Waals surface area (Å²) in [5, 5.41) is 16.1. The molecule has 0 unspecified atom stereocenters. The van der Waals surface area contributed by atoms with E-state index in [0.717, 1.165) is 0 Å². The van der Waals surface area contributed by atoms with Gasteiger partial charge in [0.1, 0.15) is 5.82 Å². The highest BCUT2D eigenvalue weighted by molar-refractivity contribution is 7.09. The fourth-order valence-electron chi connectivity index (χ4n) is 1.91. The normalized spacial score (nSPS) is 10.3. The first-order valence-corrected chi connectivity index (χ1v) is 8.32. The minimum absolute atomic E-state index is 0.00479. The number of carboxylic acids is 1. The van der Waals surface area contributed by atoms with Crippen LogP contribution in [0.25, 0.3) is 0 Å². The average molecular weight is 365 g/mol. The Morgan fingerprint density at radius 1 is 1.12 bits per heavy atom. The van der Waals surface area contributed by atoms with Crippen LogP contribution in [0, 0.1) is 5.82 Å². The topological polar surface area (TPSA) is 108 Å². The maximum absolute atomic E-state index is 12.8. The van der Waals surface area contributed by atoms with Crippen molar-refractivity contribution in [2.24, 2.45) is 0 Å². The van der Waals surface area contributed by atoms with Crippen molar-refractivity contribution in [3.05, 3.63) is 51.7 Å². The number of carbonyl (C=O) groups is 3. The smallest absolute Gasteiger partial charge is 0.355 e. The van der Waals surface area contributed by atoms with E-state index in [0.29, 0.717) is 23.5 Å². The molecule has 2 rings (SSSR count). The third kappa shape index (κ3) is 5.96. The number of halogens is 1. The predicted molar refractivity (Wildman–Crippen MR) is 89.1 cm³/mol. The highest BCUT2D eigenvalue weighted by atomic mass is 32.1. The Hall–Kier alpha value is -2.81. The van der Waals surface area contributed by atoms with E-state index in [4.69, 9.17) is 5.11 Å². The highest BCUT2D eigenvalue weighted by Crippen LogP contribution is 2.09. The number of carboxylic acid groups (broad SMARTS) is 1. The lowest BCUT2D eigenvalue weighted by Crippen LogP contribution is -2.31. The van der Waals surface area contributed by atoms with Gasteiger partial charge in [0.05, 0.1) is 5.01 Å².